The quantitative estimate of drug-likeness (QED) is 0.921. The lowest BCUT2D eigenvalue weighted by molar-refractivity contribution is -0.0667. The average molecular weight is 329 g/mol. The van der Waals surface area contributed by atoms with Gasteiger partial charge < -0.3 is 19.2 Å². The van der Waals surface area contributed by atoms with E-state index in [-0.39, 0.29) is 36.2 Å². The van der Waals surface area contributed by atoms with Gasteiger partial charge in [0.25, 0.3) is 5.91 Å². The van der Waals surface area contributed by atoms with Crippen LogP contribution in [0.1, 0.15) is 28.6 Å². The second-order valence-corrected chi connectivity index (χ2v) is 5.86. The molecule has 24 heavy (non-hydrogen) atoms. The summed E-state index contributed by atoms with van der Waals surface area (Å²) < 4.78 is 12.8. The first kappa shape index (κ1) is 16.3. The Morgan fingerprint density at radius 2 is 2.17 bits per heavy atom. The van der Waals surface area contributed by atoms with Gasteiger partial charge >= 0.3 is 0 Å². The highest BCUT2D eigenvalue weighted by molar-refractivity contribution is 5.98. The third-order valence-electron chi connectivity index (χ3n) is 4.20. The zero-order chi connectivity index (χ0) is 17.3. The molecule has 7 heteroatoms. The molecular formula is C17H19N3O4. The van der Waals surface area contributed by atoms with Crippen molar-refractivity contribution in [3.63, 3.8) is 0 Å². The Kier molecular flexibility index (Phi) is 4.42. The first-order valence-corrected chi connectivity index (χ1v) is 7.77. The van der Waals surface area contributed by atoms with Crippen LogP contribution in [0.5, 0.6) is 0 Å². The lowest BCUT2D eigenvalue weighted by atomic mass is 10.1. The van der Waals surface area contributed by atoms with Crippen molar-refractivity contribution in [3.05, 3.63) is 41.4 Å². The maximum Gasteiger partial charge on any atom is 0.259 e. The molecule has 1 saturated heterocycles. The Bertz CT molecular complexity index is 773. The van der Waals surface area contributed by atoms with Crippen LogP contribution in [-0.2, 0) is 4.74 Å². The molecule has 126 valence electrons. The molecule has 1 aliphatic heterocycles. The molecule has 0 aliphatic carbocycles. The lowest BCUT2D eigenvalue weighted by Gasteiger charge is -2.37. The van der Waals surface area contributed by atoms with Crippen LogP contribution < -0.4 is 0 Å². The molecule has 7 nitrogen and oxygen atoms in total. The van der Waals surface area contributed by atoms with Gasteiger partial charge in [-0.1, -0.05) is 0 Å². The molecule has 2 unspecified atom stereocenters. The summed E-state index contributed by atoms with van der Waals surface area (Å²) in [7, 11) is 0. The predicted molar refractivity (Wildman–Crippen MR) is 84.8 cm³/mol. The van der Waals surface area contributed by atoms with E-state index in [1.54, 1.807) is 28.8 Å². The van der Waals surface area contributed by atoms with Gasteiger partial charge in [0.05, 0.1) is 25.4 Å². The molecule has 3 heterocycles. The minimum atomic E-state index is -0.410. The first-order chi connectivity index (χ1) is 11.6. The van der Waals surface area contributed by atoms with Gasteiger partial charge in [0, 0.05) is 18.9 Å². The Morgan fingerprint density at radius 1 is 1.46 bits per heavy atom. The number of ether oxygens (including phenoxy) is 1. The number of nitrogens with zero attached hydrogens (tertiary/aromatic N) is 3. The van der Waals surface area contributed by atoms with Crippen molar-refractivity contribution in [2.24, 2.45) is 0 Å². The molecule has 0 spiro atoms. The number of morpholine rings is 1. The van der Waals surface area contributed by atoms with E-state index in [1.807, 2.05) is 19.1 Å². The molecule has 0 aromatic carbocycles. The number of carbonyl (C=O) groups is 1. The number of aliphatic hydroxyl groups is 1. The highest BCUT2D eigenvalue weighted by Crippen LogP contribution is 2.28. The van der Waals surface area contributed by atoms with Crippen LogP contribution in [0.2, 0.25) is 0 Å². The number of hydrogen-bond donors (Lipinski definition) is 1. The second-order valence-electron chi connectivity index (χ2n) is 5.86. The van der Waals surface area contributed by atoms with E-state index in [2.05, 4.69) is 6.07 Å². The fraction of sp³-hybridized carbons (Fsp3) is 0.412. The Morgan fingerprint density at radius 3 is 2.79 bits per heavy atom. The maximum atomic E-state index is 13.0. The summed E-state index contributed by atoms with van der Waals surface area (Å²) in [6, 6.07) is 5.58. The van der Waals surface area contributed by atoms with Gasteiger partial charge in [-0.05, 0) is 26.0 Å². The van der Waals surface area contributed by atoms with E-state index < -0.39 is 6.10 Å². The van der Waals surface area contributed by atoms with E-state index in [9.17, 15) is 15.2 Å². The van der Waals surface area contributed by atoms with E-state index in [4.69, 9.17) is 9.15 Å². The maximum absolute atomic E-state index is 13.0. The zero-order valence-corrected chi connectivity index (χ0v) is 13.6. The van der Waals surface area contributed by atoms with Crippen LogP contribution in [0.15, 0.2) is 28.9 Å². The number of amides is 1. The Hall–Kier alpha value is -2.56. The van der Waals surface area contributed by atoms with Gasteiger partial charge in [-0.3, -0.25) is 9.36 Å². The number of aromatic nitrogens is 1. The fourth-order valence-corrected chi connectivity index (χ4v) is 2.90. The standard InChI is InChI=1S/C17H19N3O4/c1-11-10-23-13(9-21)8-20(11)16(22)15-12(2)24-17(14(15)7-18)19-5-3-4-6-19/h3-6,11,13,21H,8-10H2,1-2H3. The highest BCUT2D eigenvalue weighted by atomic mass is 16.5. The molecule has 2 atom stereocenters. The summed E-state index contributed by atoms with van der Waals surface area (Å²) in [4.78, 5) is 14.7. The summed E-state index contributed by atoms with van der Waals surface area (Å²) in [5.41, 5.74) is 0.486. The number of rotatable bonds is 3. The SMILES string of the molecule is Cc1oc(-n2cccc2)c(C#N)c1C(=O)N1CC(CO)OCC1C. The molecule has 0 saturated carbocycles. The summed E-state index contributed by atoms with van der Waals surface area (Å²) in [5, 5.41) is 18.9. The molecular weight excluding hydrogens is 310 g/mol. The highest BCUT2D eigenvalue weighted by Gasteiger charge is 2.34. The van der Waals surface area contributed by atoms with Gasteiger partial charge in [-0.25, -0.2) is 0 Å². The average Bonchev–Trinajstić information content (AvgIpc) is 3.21. The van der Waals surface area contributed by atoms with Crippen LogP contribution in [0.4, 0.5) is 0 Å². The summed E-state index contributed by atoms with van der Waals surface area (Å²) in [5.74, 6) is 0.461. The topological polar surface area (TPSA) is 91.6 Å². The van der Waals surface area contributed by atoms with Crippen molar-refractivity contribution in [3.8, 4) is 12.0 Å². The van der Waals surface area contributed by atoms with Crippen molar-refractivity contribution in [1.29, 1.82) is 5.26 Å². The molecule has 3 rings (SSSR count). The van der Waals surface area contributed by atoms with Gasteiger partial charge in [0.1, 0.15) is 23.0 Å². The lowest BCUT2D eigenvalue weighted by Crippen LogP contribution is -2.52. The third-order valence-corrected chi connectivity index (χ3v) is 4.20. The van der Waals surface area contributed by atoms with Crippen LogP contribution >= 0.6 is 0 Å². The van der Waals surface area contributed by atoms with Crippen molar-refractivity contribution in [2.45, 2.75) is 26.0 Å². The number of nitriles is 1. The molecule has 1 aliphatic rings. The minimum Gasteiger partial charge on any atom is -0.443 e. The number of aryl methyl sites for hydroxylation is 1. The van der Waals surface area contributed by atoms with Crippen molar-refractivity contribution < 1.29 is 19.1 Å². The normalized spacial score (nSPS) is 20.8. The van der Waals surface area contributed by atoms with Crippen molar-refractivity contribution >= 4 is 5.91 Å². The van der Waals surface area contributed by atoms with Crippen molar-refractivity contribution in [1.82, 2.24) is 9.47 Å². The number of hydrogen-bond acceptors (Lipinski definition) is 5. The van der Waals surface area contributed by atoms with Gasteiger partial charge in [0.15, 0.2) is 0 Å². The van der Waals surface area contributed by atoms with Crippen LogP contribution in [0.3, 0.4) is 0 Å². The van der Waals surface area contributed by atoms with E-state index in [1.165, 1.54) is 0 Å². The largest absolute Gasteiger partial charge is 0.443 e. The Labute approximate surface area is 139 Å². The van der Waals surface area contributed by atoms with Crippen LogP contribution in [-0.4, -0.2) is 52.4 Å². The third kappa shape index (κ3) is 2.70. The summed E-state index contributed by atoms with van der Waals surface area (Å²) in [6.45, 7) is 4.03. The first-order valence-electron chi connectivity index (χ1n) is 7.77. The predicted octanol–water partition coefficient (Wildman–Crippen LogP) is 1.47. The fourth-order valence-electron chi connectivity index (χ4n) is 2.90. The monoisotopic (exact) mass is 329 g/mol. The number of furan rings is 1. The summed E-state index contributed by atoms with van der Waals surface area (Å²) in [6.07, 6.45) is 3.10. The van der Waals surface area contributed by atoms with E-state index >= 15 is 0 Å². The van der Waals surface area contributed by atoms with Gasteiger partial charge in [-0.15, -0.1) is 0 Å². The van der Waals surface area contributed by atoms with Crippen LogP contribution in [0, 0.1) is 18.3 Å². The molecule has 0 bridgehead atoms. The zero-order valence-electron chi connectivity index (χ0n) is 13.6. The summed E-state index contributed by atoms with van der Waals surface area (Å²) >= 11 is 0. The van der Waals surface area contributed by atoms with E-state index in [0.29, 0.717) is 18.3 Å². The molecule has 0 radical (unpaired) electrons. The van der Waals surface area contributed by atoms with E-state index in [0.717, 1.165) is 0 Å². The molecule has 1 amide bonds. The van der Waals surface area contributed by atoms with Gasteiger partial charge in [0.2, 0.25) is 5.88 Å². The smallest absolute Gasteiger partial charge is 0.259 e. The second kappa shape index (κ2) is 6.51. The van der Waals surface area contributed by atoms with Crippen LogP contribution in [0.25, 0.3) is 5.88 Å². The molecule has 1 fully saturated rings. The van der Waals surface area contributed by atoms with Crippen molar-refractivity contribution in [2.75, 3.05) is 19.8 Å². The molecule has 2 aromatic heterocycles. The number of carbonyl (C=O) groups excluding carboxylic acids is 1. The molecule has 1 N–H and O–H groups in total. The Balaban J connectivity index is 2.00. The molecule has 2 aromatic rings. The minimum absolute atomic E-state index is 0.142. The van der Waals surface area contributed by atoms with Gasteiger partial charge in [-0.2, -0.15) is 5.26 Å². The number of aliphatic hydroxyl groups excluding tert-OH is 1.